The van der Waals surface area contributed by atoms with E-state index in [1.807, 2.05) is 23.8 Å². The molecule has 4 aromatic rings. The summed E-state index contributed by atoms with van der Waals surface area (Å²) in [5.74, 6) is 1.63. The average molecular weight is 470 g/mol. The highest BCUT2D eigenvalue weighted by molar-refractivity contribution is 5.73. The van der Waals surface area contributed by atoms with E-state index < -0.39 is 0 Å². The molecule has 178 valence electrons. The number of nitrogens with zero attached hydrogens (tertiary/aromatic N) is 8. The van der Waals surface area contributed by atoms with Gasteiger partial charge in [-0.15, -0.1) is 0 Å². The summed E-state index contributed by atoms with van der Waals surface area (Å²) in [5.41, 5.74) is 3.35. The van der Waals surface area contributed by atoms with Crippen molar-refractivity contribution < 1.29 is 0 Å². The van der Waals surface area contributed by atoms with Crippen molar-refractivity contribution in [2.75, 3.05) is 5.32 Å². The lowest BCUT2D eigenvalue weighted by Crippen LogP contribution is -2.60. The lowest BCUT2D eigenvalue weighted by Gasteiger charge is -2.62. The summed E-state index contributed by atoms with van der Waals surface area (Å²) in [7, 11) is 1.79. The molecule has 0 aromatic carbocycles. The first-order valence-electron chi connectivity index (χ1n) is 12.2. The zero-order valence-corrected chi connectivity index (χ0v) is 20.1. The number of fused-ring (bicyclic) bond motifs is 2. The van der Waals surface area contributed by atoms with Crippen LogP contribution in [0.25, 0.3) is 16.8 Å². The Morgan fingerprint density at radius 1 is 1.20 bits per heavy atom. The molecule has 2 unspecified atom stereocenters. The van der Waals surface area contributed by atoms with Gasteiger partial charge in [0.15, 0.2) is 11.3 Å². The molecule has 4 aliphatic carbocycles. The molecule has 4 aromatic heterocycles. The average Bonchev–Trinajstić information content (AvgIpc) is 3.38. The van der Waals surface area contributed by atoms with E-state index in [0.717, 1.165) is 54.5 Å². The summed E-state index contributed by atoms with van der Waals surface area (Å²) < 4.78 is 5.31. The molecule has 10 heteroatoms. The molecule has 2 atom stereocenters. The molecule has 10 nitrogen and oxygen atoms in total. The van der Waals surface area contributed by atoms with Crippen molar-refractivity contribution in [3.05, 3.63) is 40.8 Å². The van der Waals surface area contributed by atoms with Gasteiger partial charge in [0.25, 0.3) is 0 Å². The standard InChI is InChI=1S/C25H27N9O/c1-14-4-20-28-13-29-33(20)11-18(14)30-22-27-10-19-21(31-22)34(23(35)32(19)3)25-7-15-5-16(8-25)24(2,12-26)17(6-15)9-25/h4,10-11,13,15-17H,5-9H2,1-3H3,(H,27,30,31). The van der Waals surface area contributed by atoms with Crippen molar-refractivity contribution in [1.29, 1.82) is 5.26 Å². The highest BCUT2D eigenvalue weighted by atomic mass is 16.2. The van der Waals surface area contributed by atoms with Gasteiger partial charge in [0, 0.05) is 7.05 Å². The second kappa shape index (κ2) is 6.68. The highest BCUT2D eigenvalue weighted by Gasteiger charge is 2.62. The Hall–Kier alpha value is -3.74. The number of anilines is 2. The minimum absolute atomic E-state index is 0.0488. The topological polar surface area (TPSA) is 119 Å². The first-order chi connectivity index (χ1) is 16.8. The number of pyridine rings is 1. The molecule has 8 rings (SSSR count). The van der Waals surface area contributed by atoms with E-state index in [1.165, 1.54) is 6.33 Å². The van der Waals surface area contributed by atoms with Crippen molar-refractivity contribution in [1.82, 2.24) is 33.7 Å². The van der Waals surface area contributed by atoms with Crippen LogP contribution in [-0.4, -0.2) is 33.7 Å². The van der Waals surface area contributed by atoms with Gasteiger partial charge < -0.3 is 5.32 Å². The quantitative estimate of drug-likeness (QED) is 0.489. The van der Waals surface area contributed by atoms with E-state index in [-0.39, 0.29) is 16.6 Å². The maximum absolute atomic E-state index is 13.6. The summed E-state index contributed by atoms with van der Waals surface area (Å²) >= 11 is 0. The normalized spacial score (nSPS) is 31.3. The third-order valence-corrected chi connectivity index (χ3v) is 9.24. The molecular weight excluding hydrogens is 442 g/mol. The van der Waals surface area contributed by atoms with Crippen LogP contribution in [0.1, 0.15) is 44.6 Å². The van der Waals surface area contributed by atoms with Crippen LogP contribution in [0.15, 0.2) is 29.6 Å². The zero-order valence-electron chi connectivity index (χ0n) is 20.1. The van der Waals surface area contributed by atoms with E-state index >= 15 is 0 Å². The predicted octanol–water partition coefficient (Wildman–Crippen LogP) is 3.29. The second-order valence-corrected chi connectivity index (χ2v) is 11.1. The molecule has 0 saturated heterocycles. The third kappa shape index (κ3) is 2.66. The predicted molar refractivity (Wildman–Crippen MR) is 129 cm³/mol. The summed E-state index contributed by atoms with van der Waals surface area (Å²) in [6.07, 6.45) is 10.00. The lowest BCUT2D eigenvalue weighted by atomic mass is 9.44. The Kier molecular flexibility index (Phi) is 3.94. The monoisotopic (exact) mass is 469 g/mol. The first-order valence-corrected chi connectivity index (χ1v) is 12.2. The molecule has 0 radical (unpaired) electrons. The van der Waals surface area contributed by atoms with Gasteiger partial charge in [-0.2, -0.15) is 15.3 Å². The van der Waals surface area contributed by atoms with E-state index in [1.54, 1.807) is 22.3 Å². The molecule has 0 aliphatic heterocycles. The Balaban J connectivity index is 1.35. The number of nitriles is 1. The number of aromatic nitrogens is 7. The summed E-state index contributed by atoms with van der Waals surface area (Å²) in [5, 5.41) is 17.6. The van der Waals surface area contributed by atoms with Gasteiger partial charge in [0.05, 0.1) is 35.1 Å². The van der Waals surface area contributed by atoms with Crippen LogP contribution in [0, 0.1) is 41.4 Å². The second-order valence-electron chi connectivity index (χ2n) is 11.1. The minimum Gasteiger partial charge on any atom is -0.323 e. The van der Waals surface area contributed by atoms with E-state index in [2.05, 4.69) is 33.4 Å². The molecule has 4 saturated carbocycles. The molecule has 4 fully saturated rings. The maximum Gasteiger partial charge on any atom is 0.330 e. The summed E-state index contributed by atoms with van der Waals surface area (Å²) in [4.78, 5) is 27.3. The van der Waals surface area contributed by atoms with Crippen LogP contribution in [0.4, 0.5) is 11.6 Å². The van der Waals surface area contributed by atoms with Gasteiger partial charge in [0.2, 0.25) is 5.95 Å². The smallest absolute Gasteiger partial charge is 0.323 e. The van der Waals surface area contributed by atoms with E-state index in [0.29, 0.717) is 29.3 Å². The van der Waals surface area contributed by atoms with Crippen molar-refractivity contribution in [2.45, 2.75) is 51.5 Å². The fourth-order valence-electron chi connectivity index (χ4n) is 7.45. The SMILES string of the molecule is Cc1cc2ncnn2cc1Nc1ncc2c(n1)n(C13CC4CC(C1)C(C)(C#N)C(C4)C3)c(=O)n2C. The maximum atomic E-state index is 13.6. The molecule has 0 spiro atoms. The van der Waals surface area contributed by atoms with E-state index in [4.69, 9.17) is 4.98 Å². The van der Waals surface area contributed by atoms with E-state index in [9.17, 15) is 10.1 Å². The van der Waals surface area contributed by atoms with Crippen LogP contribution in [0.5, 0.6) is 0 Å². The number of nitrogens with one attached hydrogen (secondary N) is 1. The number of imidazole rings is 1. The van der Waals surface area contributed by atoms with Crippen molar-refractivity contribution in [3.8, 4) is 6.07 Å². The zero-order chi connectivity index (χ0) is 24.1. The summed E-state index contributed by atoms with van der Waals surface area (Å²) in [6.45, 7) is 4.13. The van der Waals surface area contributed by atoms with Crippen LogP contribution in [0.2, 0.25) is 0 Å². The number of hydrogen-bond acceptors (Lipinski definition) is 7. The molecule has 1 N–H and O–H groups in total. The molecule has 4 heterocycles. The lowest BCUT2D eigenvalue weighted by molar-refractivity contribution is -0.111. The Labute approximate surface area is 201 Å². The number of hydrogen-bond donors (Lipinski definition) is 1. The van der Waals surface area contributed by atoms with Gasteiger partial charge in [-0.25, -0.2) is 19.3 Å². The van der Waals surface area contributed by atoms with Crippen LogP contribution in [-0.2, 0) is 12.6 Å². The van der Waals surface area contributed by atoms with Gasteiger partial charge >= 0.3 is 5.69 Å². The van der Waals surface area contributed by atoms with Crippen molar-refractivity contribution in [2.24, 2.45) is 30.2 Å². The van der Waals surface area contributed by atoms with Gasteiger partial charge in [-0.3, -0.25) is 9.13 Å². The van der Waals surface area contributed by atoms with Crippen LogP contribution < -0.4 is 11.0 Å². The van der Waals surface area contributed by atoms with Gasteiger partial charge in [-0.1, -0.05) is 0 Å². The fourth-order valence-corrected chi connectivity index (χ4v) is 7.45. The minimum atomic E-state index is -0.298. The molecule has 4 aliphatic rings. The number of aryl methyl sites for hydroxylation is 2. The number of rotatable bonds is 3. The van der Waals surface area contributed by atoms with Gasteiger partial charge in [0.1, 0.15) is 11.8 Å². The van der Waals surface area contributed by atoms with Gasteiger partial charge in [-0.05, 0) is 75.3 Å². The van der Waals surface area contributed by atoms with Crippen LogP contribution in [0.3, 0.4) is 0 Å². The van der Waals surface area contributed by atoms with Crippen LogP contribution >= 0.6 is 0 Å². The first kappa shape index (κ1) is 20.6. The Morgan fingerprint density at radius 3 is 2.71 bits per heavy atom. The fraction of sp³-hybridized carbons (Fsp3) is 0.520. The largest absolute Gasteiger partial charge is 0.330 e. The van der Waals surface area contributed by atoms with Crippen molar-refractivity contribution in [3.63, 3.8) is 0 Å². The van der Waals surface area contributed by atoms with Crippen molar-refractivity contribution >= 4 is 28.4 Å². The molecule has 0 amide bonds. The highest BCUT2D eigenvalue weighted by Crippen LogP contribution is 2.65. The molecule has 35 heavy (non-hydrogen) atoms. The molecular formula is C25H27N9O. The Morgan fingerprint density at radius 2 is 1.97 bits per heavy atom. The molecule has 4 bridgehead atoms. The Bertz CT molecular complexity index is 1600. The third-order valence-electron chi connectivity index (χ3n) is 9.24. The summed E-state index contributed by atoms with van der Waals surface area (Å²) in [6, 6.07) is 4.61.